The van der Waals surface area contributed by atoms with E-state index < -0.39 is 23.8 Å². The van der Waals surface area contributed by atoms with Crippen molar-refractivity contribution in [2.24, 2.45) is 5.92 Å². The van der Waals surface area contributed by atoms with Gasteiger partial charge in [-0.15, -0.1) is 0 Å². The SMILES string of the molecule is Cc1nc2cc(C3CCC(C(F)(F)F)CC3)nn2c(C2CN(C(=O)OC(C)(C)C)CCO2)c1C. The third-order valence-electron chi connectivity index (χ3n) is 6.78. The first kappa shape index (κ1) is 24.8. The fourth-order valence-electron chi connectivity index (χ4n) is 4.85. The lowest BCUT2D eigenvalue weighted by molar-refractivity contribution is -0.182. The van der Waals surface area contributed by atoms with E-state index in [1.54, 1.807) is 9.42 Å². The highest BCUT2D eigenvalue weighted by molar-refractivity contribution is 5.68. The normalized spacial score (nSPS) is 24.5. The van der Waals surface area contributed by atoms with Crippen molar-refractivity contribution in [2.75, 3.05) is 19.7 Å². The first-order valence-corrected chi connectivity index (χ1v) is 11.9. The first-order chi connectivity index (χ1) is 15.8. The Bertz CT molecular complexity index is 1050. The third kappa shape index (κ3) is 5.16. The monoisotopic (exact) mass is 482 g/mol. The van der Waals surface area contributed by atoms with Crippen LogP contribution >= 0.6 is 0 Å². The summed E-state index contributed by atoms with van der Waals surface area (Å²) in [7, 11) is 0. The van der Waals surface area contributed by atoms with Gasteiger partial charge >= 0.3 is 12.3 Å². The molecule has 188 valence electrons. The molecule has 10 heteroatoms. The number of hydrogen-bond donors (Lipinski definition) is 0. The molecule has 0 N–H and O–H groups in total. The van der Waals surface area contributed by atoms with Crippen molar-refractivity contribution in [3.8, 4) is 0 Å². The van der Waals surface area contributed by atoms with Gasteiger partial charge in [0, 0.05) is 24.2 Å². The molecule has 0 bridgehead atoms. The van der Waals surface area contributed by atoms with E-state index in [2.05, 4.69) is 4.98 Å². The van der Waals surface area contributed by atoms with Crippen molar-refractivity contribution in [1.82, 2.24) is 19.5 Å². The van der Waals surface area contributed by atoms with Crippen molar-refractivity contribution in [3.63, 3.8) is 0 Å². The number of alkyl halides is 3. The zero-order valence-electron chi connectivity index (χ0n) is 20.4. The minimum Gasteiger partial charge on any atom is -0.444 e. The first-order valence-electron chi connectivity index (χ1n) is 11.9. The van der Waals surface area contributed by atoms with Crippen molar-refractivity contribution in [2.45, 2.75) is 84.1 Å². The Morgan fingerprint density at radius 1 is 1.15 bits per heavy atom. The maximum Gasteiger partial charge on any atom is 0.410 e. The van der Waals surface area contributed by atoms with Gasteiger partial charge in [-0.2, -0.15) is 18.3 Å². The Hall–Kier alpha value is -2.36. The molecule has 2 aromatic rings. The Kier molecular flexibility index (Phi) is 6.56. The van der Waals surface area contributed by atoms with E-state index in [9.17, 15) is 18.0 Å². The van der Waals surface area contributed by atoms with E-state index in [1.165, 1.54) is 0 Å². The van der Waals surface area contributed by atoms with Crippen LogP contribution in [-0.4, -0.2) is 57.1 Å². The van der Waals surface area contributed by atoms with Gasteiger partial charge in [0.1, 0.15) is 11.7 Å². The number of aryl methyl sites for hydroxylation is 1. The topological polar surface area (TPSA) is 69.0 Å². The number of morpholine rings is 1. The van der Waals surface area contributed by atoms with Gasteiger partial charge in [0.05, 0.1) is 30.5 Å². The van der Waals surface area contributed by atoms with Crippen LogP contribution in [-0.2, 0) is 9.47 Å². The smallest absolute Gasteiger partial charge is 0.410 e. The molecule has 34 heavy (non-hydrogen) atoms. The minimum absolute atomic E-state index is 0.0284. The molecule has 1 saturated heterocycles. The number of rotatable bonds is 2. The van der Waals surface area contributed by atoms with Crippen LogP contribution in [0.2, 0.25) is 0 Å². The number of fused-ring (bicyclic) bond motifs is 1. The highest BCUT2D eigenvalue weighted by Crippen LogP contribution is 2.43. The van der Waals surface area contributed by atoms with Crippen molar-refractivity contribution in [1.29, 1.82) is 0 Å². The van der Waals surface area contributed by atoms with Gasteiger partial charge in [-0.25, -0.2) is 14.3 Å². The average molecular weight is 483 g/mol. The van der Waals surface area contributed by atoms with Crippen LogP contribution in [0.4, 0.5) is 18.0 Å². The number of carbonyl (C=O) groups is 1. The van der Waals surface area contributed by atoms with Gasteiger partial charge in [-0.3, -0.25) is 0 Å². The summed E-state index contributed by atoms with van der Waals surface area (Å²) >= 11 is 0. The van der Waals surface area contributed by atoms with Gasteiger partial charge in [-0.05, 0) is 65.9 Å². The van der Waals surface area contributed by atoms with Crippen LogP contribution in [0.25, 0.3) is 5.65 Å². The molecule has 4 rings (SSSR count). The molecule has 1 aliphatic heterocycles. The lowest BCUT2D eigenvalue weighted by Crippen LogP contribution is -2.45. The van der Waals surface area contributed by atoms with Crippen LogP contribution in [0, 0.1) is 19.8 Å². The Morgan fingerprint density at radius 2 is 1.82 bits per heavy atom. The molecule has 0 spiro atoms. The lowest BCUT2D eigenvalue weighted by atomic mass is 9.80. The summed E-state index contributed by atoms with van der Waals surface area (Å²) in [6.45, 7) is 10.5. The second-order valence-corrected chi connectivity index (χ2v) is 10.4. The van der Waals surface area contributed by atoms with Gasteiger partial charge < -0.3 is 14.4 Å². The number of amides is 1. The van der Waals surface area contributed by atoms with Crippen molar-refractivity contribution < 1.29 is 27.4 Å². The quantitative estimate of drug-likeness (QED) is 0.566. The molecule has 0 radical (unpaired) electrons. The zero-order valence-corrected chi connectivity index (χ0v) is 20.4. The fourth-order valence-corrected chi connectivity index (χ4v) is 4.85. The maximum absolute atomic E-state index is 13.1. The van der Waals surface area contributed by atoms with E-state index >= 15 is 0 Å². The largest absolute Gasteiger partial charge is 0.444 e. The number of hydrogen-bond acceptors (Lipinski definition) is 5. The lowest BCUT2D eigenvalue weighted by Gasteiger charge is -2.35. The molecule has 3 heterocycles. The Balaban J connectivity index is 1.60. The number of nitrogens with zero attached hydrogens (tertiary/aromatic N) is 4. The van der Waals surface area contributed by atoms with Crippen LogP contribution in [0.15, 0.2) is 6.07 Å². The van der Waals surface area contributed by atoms with E-state index in [1.807, 2.05) is 40.7 Å². The molecular formula is C24H33F3N4O3. The van der Waals surface area contributed by atoms with Gasteiger partial charge in [0.2, 0.25) is 0 Å². The summed E-state index contributed by atoms with van der Waals surface area (Å²) in [6, 6.07) is 1.88. The van der Waals surface area contributed by atoms with Crippen molar-refractivity contribution >= 4 is 11.7 Å². The van der Waals surface area contributed by atoms with E-state index in [4.69, 9.17) is 14.6 Å². The number of ether oxygens (including phenoxy) is 2. The fraction of sp³-hybridized carbons (Fsp3) is 0.708. The predicted molar refractivity (Wildman–Crippen MR) is 120 cm³/mol. The minimum atomic E-state index is -4.13. The molecule has 1 aliphatic carbocycles. The molecule has 1 amide bonds. The van der Waals surface area contributed by atoms with E-state index in [-0.39, 0.29) is 24.9 Å². The summed E-state index contributed by atoms with van der Waals surface area (Å²) in [4.78, 5) is 19.0. The van der Waals surface area contributed by atoms with Crippen LogP contribution in [0.3, 0.4) is 0 Å². The molecule has 1 atom stereocenters. The van der Waals surface area contributed by atoms with Gasteiger partial charge in [0.25, 0.3) is 0 Å². The molecule has 2 fully saturated rings. The summed E-state index contributed by atoms with van der Waals surface area (Å²) in [5.41, 5.74) is 3.37. The average Bonchev–Trinajstić information content (AvgIpc) is 3.16. The molecule has 1 saturated carbocycles. The molecule has 1 unspecified atom stereocenters. The Labute approximate surface area is 197 Å². The van der Waals surface area contributed by atoms with Crippen LogP contribution < -0.4 is 0 Å². The molecular weight excluding hydrogens is 449 g/mol. The number of carbonyl (C=O) groups excluding carboxylic acids is 1. The number of aromatic nitrogens is 3. The highest BCUT2D eigenvalue weighted by Gasteiger charge is 2.42. The molecule has 7 nitrogen and oxygen atoms in total. The summed E-state index contributed by atoms with van der Waals surface area (Å²) in [5.74, 6) is -1.26. The summed E-state index contributed by atoms with van der Waals surface area (Å²) in [6.07, 6.45) is -3.79. The van der Waals surface area contributed by atoms with Crippen LogP contribution in [0.1, 0.15) is 81.1 Å². The van der Waals surface area contributed by atoms with E-state index in [0.29, 0.717) is 38.2 Å². The predicted octanol–water partition coefficient (Wildman–Crippen LogP) is 5.49. The van der Waals surface area contributed by atoms with Gasteiger partial charge in [0.15, 0.2) is 5.65 Å². The second kappa shape index (κ2) is 9.02. The molecule has 0 aromatic carbocycles. The van der Waals surface area contributed by atoms with E-state index in [0.717, 1.165) is 22.6 Å². The highest BCUT2D eigenvalue weighted by atomic mass is 19.4. The van der Waals surface area contributed by atoms with Crippen molar-refractivity contribution in [3.05, 3.63) is 28.7 Å². The third-order valence-corrected chi connectivity index (χ3v) is 6.78. The second-order valence-electron chi connectivity index (χ2n) is 10.4. The Morgan fingerprint density at radius 3 is 2.44 bits per heavy atom. The van der Waals surface area contributed by atoms with Crippen LogP contribution in [0.5, 0.6) is 0 Å². The standard InChI is InChI=1S/C24H33F3N4O3/c1-14-15(2)28-20-12-18(16-6-8-17(9-7-16)24(25,26)27)29-31(20)21(14)19-13-30(10-11-33-19)22(32)34-23(3,4)5/h12,16-17,19H,6-11,13H2,1-5H3. The van der Waals surface area contributed by atoms with Gasteiger partial charge in [-0.1, -0.05) is 0 Å². The molecule has 2 aliphatic rings. The number of halogens is 3. The maximum atomic E-state index is 13.1. The summed E-state index contributed by atoms with van der Waals surface area (Å²) in [5, 5.41) is 4.79. The zero-order chi connectivity index (χ0) is 24.8. The summed E-state index contributed by atoms with van der Waals surface area (Å²) < 4.78 is 52.6. The molecule has 2 aromatic heterocycles.